The van der Waals surface area contributed by atoms with Crippen LogP contribution in [0.5, 0.6) is 5.75 Å². The van der Waals surface area contributed by atoms with Gasteiger partial charge in [-0.2, -0.15) is 5.26 Å². The van der Waals surface area contributed by atoms with Crippen molar-refractivity contribution >= 4 is 23.4 Å². The fraction of sp³-hybridized carbons (Fsp3) is 0.182. The maximum Gasteiger partial charge on any atom is 0.311 e. The van der Waals surface area contributed by atoms with Gasteiger partial charge in [0.25, 0.3) is 0 Å². The average molecular weight is 272 g/mol. The summed E-state index contributed by atoms with van der Waals surface area (Å²) in [5.41, 5.74) is -0.435. The normalized spacial score (nSPS) is 9.61. The minimum atomic E-state index is -1.37. The van der Waals surface area contributed by atoms with Crippen LogP contribution in [0, 0.1) is 17.1 Å². The molecule has 94 valence electrons. The molecule has 7 heteroatoms. The second kappa shape index (κ2) is 5.98. The Bertz CT molecular complexity index is 539. The van der Waals surface area contributed by atoms with Crippen molar-refractivity contribution in [3.63, 3.8) is 0 Å². The quantitative estimate of drug-likeness (QED) is 0.654. The minimum Gasteiger partial charge on any atom is -0.481 e. The highest BCUT2D eigenvalue weighted by atomic mass is 35.5. The fourth-order valence-electron chi connectivity index (χ4n) is 1.20. The van der Waals surface area contributed by atoms with E-state index in [4.69, 9.17) is 26.7 Å². The van der Waals surface area contributed by atoms with Crippen molar-refractivity contribution in [3.8, 4) is 11.8 Å². The average Bonchev–Trinajstić information content (AvgIpc) is 2.26. The van der Waals surface area contributed by atoms with Gasteiger partial charge in [0.05, 0.1) is 10.6 Å². The lowest BCUT2D eigenvalue weighted by Gasteiger charge is -2.07. The second-order valence-electron chi connectivity index (χ2n) is 3.20. The van der Waals surface area contributed by atoms with E-state index in [2.05, 4.69) is 0 Å². The highest BCUT2D eigenvalue weighted by Gasteiger charge is 2.18. The first kappa shape index (κ1) is 13.9. The Hall–Kier alpha value is -2.13. The third kappa shape index (κ3) is 3.43. The number of benzene rings is 1. The van der Waals surface area contributed by atoms with Crippen molar-refractivity contribution in [2.24, 2.45) is 0 Å². The van der Waals surface area contributed by atoms with Crippen molar-refractivity contribution in [1.29, 1.82) is 5.26 Å². The van der Waals surface area contributed by atoms with Crippen LogP contribution in [0.25, 0.3) is 0 Å². The van der Waals surface area contributed by atoms with Crippen LogP contribution in [0.2, 0.25) is 5.02 Å². The molecule has 0 spiro atoms. The van der Waals surface area contributed by atoms with Gasteiger partial charge in [0.1, 0.15) is 24.1 Å². The van der Waals surface area contributed by atoms with Crippen LogP contribution in [-0.2, 0) is 4.79 Å². The molecule has 0 saturated heterocycles. The summed E-state index contributed by atoms with van der Waals surface area (Å²) in [6.07, 6.45) is -0.837. The Morgan fingerprint density at radius 1 is 1.50 bits per heavy atom. The van der Waals surface area contributed by atoms with Crippen molar-refractivity contribution in [3.05, 3.63) is 28.5 Å². The molecule has 1 rings (SSSR count). The summed E-state index contributed by atoms with van der Waals surface area (Å²) < 4.78 is 18.3. The van der Waals surface area contributed by atoms with Gasteiger partial charge in [0.2, 0.25) is 0 Å². The second-order valence-corrected chi connectivity index (χ2v) is 3.61. The number of Topliss-reactive ketones (excluding diaryl/α,β-unsaturated/α-hetero) is 1. The van der Waals surface area contributed by atoms with Gasteiger partial charge in [-0.3, -0.25) is 9.59 Å². The largest absolute Gasteiger partial charge is 0.481 e. The van der Waals surface area contributed by atoms with Crippen molar-refractivity contribution in [2.45, 2.75) is 6.42 Å². The number of aliphatic carboxylic acids is 1. The molecule has 0 amide bonds. The smallest absolute Gasteiger partial charge is 0.311 e. The number of carbonyl (C=O) groups is 2. The van der Waals surface area contributed by atoms with Gasteiger partial charge in [-0.25, -0.2) is 4.39 Å². The van der Waals surface area contributed by atoms with Gasteiger partial charge in [-0.15, -0.1) is 0 Å². The van der Waals surface area contributed by atoms with Gasteiger partial charge in [0.15, 0.2) is 12.4 Å². The Balaban J connectivity index is 3.08. The molecule has 18 heavy (non-hydrogen) atoms. The van der Waals surface area contributed by atoms with Crippen molar-refractivity contribution < 1.29 is 23.8 Å². The Morgan fingerprint density at radius 2 is 2.17 bits per heavy atom. The van der Waals surface area contributed by atoms with Crippen LogP contribution in [0.1, 0.15) is 16.8 Å². The monoisotopic (exact) mass is 271 g/mol. The molecular formula is C11H7ClFNO4. The minimum absolute atomic E-state index is 0.0478. The molecule has 1 aromatic rings. The molecule has 0 heterocycles. The van der Waals surface area contributed by atoms with E-state index in [1.165, 1.54) is 0 Å². The number of ketones is 1. The molecule has 0 unspecified atom stereocenters. The number of rotatable bonds is 5. The predicted octanol–water partition coefficient (Wildman–Crippen LogP) is 2.04. The first-order valence-electron chi connectivity index (χ1n) is 4.69. The van der Waals surface area contributed by atoms with E-state index in [-0.39, 0.29) is 17.4 Å². The predicted molar refractivity (Wildman–Crippen MR) is 59.1 cm³/mol. The summed E-state index contributed by atoms with van der Waals surface area (Å²) in [4.78, 5) is 21.8. The molecule has 1 aromatic carbocycles. The zero-order chi connectivity index (χ0) is 13.7. The molecule has 0 bridgehead atoms. The van der Waals surface area contributed by atoms with Crippen LogP contribution in [-0.4, -0.2) is 23.5 Å². The molecule has 0 atom stereocenters. The number of carbonyl (C=O) groups excluding carboxylic acids is 1. The molecule has 0 aliphatic rings. The maximum atomic E-state index is 13.4. The number of nitriles is 1. The van der Waals surface area contributed by atoms with E-state index < -0.39 is 29.6 Å². The lowest BCUT2D eigenvalue weighted by atomic mass is 10.1. The van der Waals surface area contributed by atoms with E-state index in [1.54, 1.807) is 6.07 Å². The zero-order valence-corrected chi connectivity index (χ0v) is 9.70. The molecule has 0 radical (unpaired) electrons. The fourth-order valence-corrected chi connectivity index (χ4v) is 1.40. The lowest BCUT2D eigenvalue weighted by molar-refractivity contribution is -0.135. The molecule has 0 aliphatic carbocycles. The number of halogens is 2. The number of nitrogens with zero attached hydrogens (tertiary/aromatic N) is 1. The highest BCUT2D eigenvalue weighted by molar-refractivity contribution is 6.32. The van der Waals surface area contributed by atoms with Crippen LogP contribution in [0.4, 0.5) is 4.39 Å². The maximum absolute atomic E-state index is 13.4. The van der Waals surface area contributed by atoms with E-state index in [0.717, 1.165) is 12.1 Å². The van der Waals surface area contributed by atoms with Crippen LogP contribution >= 0.6 is 11.6 Å². The summed E-state index contributed by atoms with van der Waals surface area (Å²) in [7, 11) is 0. The summed E-state index contributed by atoms with van der Waals surface area (Å²) in [6, 6.07) is 3.51. The van der Waals surface area contributed by atoms with Gasteiger partial charge in [0, 0.05) is 0 Å². The SMILES string of the molecule is N#CCOc1cc(C(=O)CC(=O)O)c(F)cc1Cl. The van der Waals surface area contributed by atoms with Gasteiger partial charge < -0.3 is 9.84 Å². The zero-order valence-electron chi connectivity index (χ0n) is 8.94. The third-order valence-electron chi connectivity index (χ3n) is 1.93. The molecule has 0 saturated carbocycles. The Labute approximate surface area is 106 Å². The number of ether oxygens (including phenoxy) is 1. The third-order valence-corrected chi connectivity index (χ3v) is 2.22. The van der Waals surface area contributed by atoms with Gasteiger partial charge in [-0.1, -0.05) is 11.6 Å². The molecule has 0 aromatic heterocycles. The molecule has 1 N–H and O–H groups in total. The standard InChI is InChI=1S/C11H7ClFNO4/c12-7-4-8(13)6(9(15)5-11(16)17)3-10(7)18-2-1-14/h3-4H,2,5H2,(H,16,17). The number of hydrogen-bond acceptors (Lipinski definition) is 4. The van der Waals surface area contributed by atoms with E-state index in [1.807, 2.05) is 0 Å². The number of carboxylic acids is 1. The Kier molecular flexibility index (Phi) is 4.63. The van der Waals surface area contributed by atoms with Crippen LogP contribution in [0.3, 0.4) is 0 Å². The first-order valence-corrected chi connectivity index (χ1v) is 5.07. The van der Waals surface area contributed by atoms with Crippen molar-refractivity contribution in [2.75, 3.05) is 6.61 Å². The number of carboxylic acid groups (broad SMARTS) is 1. The van der Waals surface area contributed by atoms with Gasteiger partial charge >= 0.3 is 5.97 Å². The first-order chi connectivity index (χ1) is 8.45. The summed E-state index contributed by atoms with van der Waals surface area (Å²) in [6.45, 7) is -0.322. The lowest BCUT2D eigenvalue weighted by Crippen LogP contribution is -2.09. The van der Waals surface area contributed by atoms with Crippen LogP contribution < -0.4 is 4.74 Å². The van der Waals surface area contributed by atoms with E-state index in [0.29, 0.717) is 0 Å². The topological polar surface area (TPSA) is 87.4 Å². The molecular weight excluding hydrogens is 265 g/mol. The van der Waals surface area contributed by atoms with Crippen molar-refractivity contribution in [1.82, 2.24) is 0 Å². The summed E-state index contributed by atoms with van der Waals surface area (Å²) >= 11 is 5.65. The van der Waals surface area contributed by atoms with E-state index >= 15 is 0 Å². The van der Waals surface area contributed by atoms with E-state index in [9.17, 15) is 14.0 Å². The van der Waals surface area contributed by atoms with Crippen LogP contribution in [0.15, 0.2) is 12.1 Å². The summed E-state index contributed by atoms with van der Waals surface area (Å²) in [5, 5.41) is 16.7. The summed E-state index contributed by atoms with van der Waals surface area (Å²) in [5.74, 6) is -3.25. The highest BCUT2D eigenvalue weighted by Crippen LogP contribution is 2.28. The van der Waals surface area contributed by atoms with Gasteiger partial charge in [-0.05, 0) is 12.1 Å². The molecule has 0 fully saturated rings. The Morgan fingerprint density at radius 3 is 2.72 bits per heavy atom. The molecule has 5 nitrogen and oxygen atoms in total. The molecule has 0 aliphatic heterocycles. The number of hydrogen-bond donors (Lipinski definition) is 1.